The molecule has 0 aliphatic heterocycles. The normalized spacial score (nSPS) is 12.9. The highest BCUT2D eigenvalue weighted by Crippen LogP contribution is 2.14. The lowest BCUT2D eigenvalue weighted by molar-refractivity contribution is -0.00424. The third kappa shape index (κ3) is 5.27. The van der Waals surface area contributed by atoms with Gasteiger partial charge in [-0.15, -0.1) is 0 Å². The Kier molecular flexibility index (Phi) is 6.80. The van der Waals surface area contributed by atoms with Crippen LogP contribution in [0.5, 0.6) is 0 Å². The van der Waals surface area contributed by atoms with Crippen molar-refractivity contribution >= 4 is 0 Å². The third-order valence-corrected chi connectivity index (χ3v) is 2.29. The molecule has 2 N–H and O–H groups in total. The van der Waals surface area contributed by atoms with Crippen LogP contribution < -0.4 is 5.73 Å². The molecule has 0 amide bonds. The van der Waals surface area contributed by atoms with Gasteiger partial charge in [0.25, 0.3) is 0 Å². The molecular formula is C11H21N3O3. The molecule has 0 saturated carbocycles. The minimum absolute atomic E-state index is 0.116. The number of nitrogens with two attached hydrogens (primary N) is 1. The summed E-state index contributed by atoms with van der Waals surface area (Å²) < 4.78 is 17.5. The summed E-state index contributed by atoms with van der Waals surface area (Å²) in [6.45, 7) is 2.67. The van der Waals surface area contributed by atoms with Gasteiger partial charge < -0.3 is 19.9 Å². The van der Waals surface area contributed by atoms with E-state index in [9.17, 15) is 0 Å². The number of hydrogen-bond acceptors (Lipinski definition) is 5. The first-order valence-corrected chi connectivity index (χ1v) is 5.64. The van der Waals surface area contributed by atoms with Gasteiger partial charge in [-0.25, -0.2) is 0 Å². The van der Waals surface area contributed by atoms with E-state index in [0.717, 1.165) is 5.56 Å². The Balaban J connectivity index is 2.19. The van der Waals surface area contributed by atoms with E-state index in [1.54, 1.807) is 18.0 Å². The first-order valence-electron chi connectivity index (χ1n) is 5.64. The molecule has 17 heavy (non-hydrogen) atoms. The molecule has 0 spiro atoms. The van der Waals surface area contributed by atoms with Crippen LogP contribution >= 0.6 is 0 Å². The molecule has 0 aliphatic carbocycles. The van der Waals surface area contributed by atoms with Crippen molar-refractivity contribution in [1.29, 1.82) is 0 Å². The molecule has 0 bridgehead atoms. The van der Waals surface area contributed by atoms with Gasteiger partial charge in [-0.1, -0.05) is 0 Å². The third-order valence-electron chi connectivity index (χ3n) is 2.29. The molecule has 1 aromatic rings. The minimum Gasteiger partial charge on any atom is -0.382 e. The van der Waals surface area contributed by atoms with Crippen molar-refractivity contribution in [1.82, 2.24) is 9.78 Å². The maximum atomic E-state index is 5.65. The minimum atomic E-state index is -0.116. The summed E-state index contributed by atoms with van der Waals surface area (Å²) in [5.41, 5.74) is 6.65. The van der Waals surface area contributed by atoms with Gasteiger partial charge in [0.1, 0.15) is 0 Å². The Morgan fingerprint density at radius 2 is 2.12 bits per heavy atom. The summed E-state index contributed by atoms with van der Waals surface area (Å²) in [4.78, 5) is 0. The number of aromatic nitrogens is 2. The standard InChI is InChI=1S/C11H21N3O3/c1-14-9-10(8-13-14)11(7-12)17-6-5-16-4-3-15-2/h8-9,11H,3-7,12H2,1-2H3. The second kappa shape index (κ2) is 8.19. The molecule has 1 rings (SSSR count). The van der Waals surface area contributed by atoms with Crippen LogP contribution in [0.1, 0.15) is 11.7 Å². The van der Waals surface area contributed by atoms with E-state index in [1.165, 1.54) is 0 Å². The van der Waals surface area contributed by atoms with Gasteiger partial charge in [0.05, 0.1) is 38.7 Å². The highest BCUT2D eigenvalue weighted by Gasteiger charge is 2.11. The van der Waals surface area contributed by atoms with Crippen molar-refractivity contribution in [3.8, 4) is 0 Å². The van der Waals surface area contributed by atoms with Gasteiger partial charge in [-0.3, -0.25) is 4.68 Å². The number of methoxy groups -OCH3 is 1. The molecule has 0 radical (unpaired) electrons. The number of nitrogens with zero attached hydrogens (tertiary/aromatic N) is 2. The Morgan fingerprint density at radius 1 is 1.35 bits per heavy atom. The molecule has 6 heteroatoms. The van der Waals surface area contributed by atoms with E-state index in [4.69, 9.17) is 19.9 Å². The van der Waals surface area contributed by atoms with E-state index < -0.39 is 0 Å². The van der Waals surface area contributed by atoms with Crippen LogP contribution in [0.25, 0.3) is 0 Å². The molecule has 1 aromatic heterocycles. The lowest BCUT2D eigenvalue weighted by atomic mass is 10.2. The fourth-order valence-corrected chi connectivity index (χ4v) is 1.40. The largest absolute Gasteiger partial charge is 0.382 e. The zero-order valence-corrected chi connectivity index (χ0v) is 10.5. The van der Waals surface area contributed by atoms with Gasteiger partial charge in [0, 0.05) is 32.5 Å². The Morgan fingerprint density at radius 3 is 2.71 bits per heavy atom. The number of aryl methyl sites for hydroxylation is 1. The lowest BCUT2D eigenvalue weighted by Crippen LogP contribution is -2.18. The molecule has 0 aliphatic rings. The van der Waals surface area contributed by atoms with Crippen molar-refractivity contribution in [2.24, 2.45) is 12.8 Å². The lowest BCUT2D eigenvalue weighted by Gasteiger charge is -2.14. The zero-order chi connectivity index (χ0) is 12.5. The summed E-state index contributed by atoms with van der Waals surface area (Å²) >= 11 is 0. The van der Waals surface area contributed by atoms with Gasteiger partial charge in [-0.05, 0) is 0 Å². The summed E-state index contributed by atoms with van der Waals surface area (Å²) in [7, 11) is 3.51. The SMILES string of the molecule is COCCOCCOC(CN)c1cnn(C)c1. The number of rotatable bonds is 9. The summed E-state index contributed by atoms with van der Waals surface area (Å²) in [5.74, 6) is 0. The quantitative estimate of drug-likeness (QED) is 0.623. The van der Waals surface area contributed by atoms with Crippen molar-refractivity contribution in [3.63, 3.8) is 0 Å². The predicted octanol–water partition coefficient (Wildman–Crippen LogP) is 0.0995. The monoisotopic (exact) mass is 243 g/mol. The van der Waals surface area contributed by atoms with E-state index in [2.05, 4.69) is 5.10 Å². The van der Waals surface area contributed by atoms with Crippen molar-refractivity contribution in [3.05, 3.63) is 18.0 Å². The van der Waals surface area contributed by atoms with Crippen LogP contribution in [-0.2, 0) is 21.3 Å². The van der Waals surface area contributed by atoms with E-state index in [1.807, 2.05) is 13.2 Å². The molecule has 0 aromatic carbocycles. The second-order valence-corrected chi connectivity index (χ2v) is 3.65. The molecule has 1 atom stereocenters. The predicted molar refractivity (Wildman–Crippen MR) is 63.7 cm³/mol. The fraction of sp³-hybridized carbons (Fsp3) is 0.727. The average Bonchev–Trinajstić information content (AvgIpc) is 2.75. The Bertz CT molecular complexity index is 304. The first-order chi connectivity index (χ1) is 8.27. The van der Waals surface area contributed by atoms with Crippen molar-refractivity contribution in [2.75, 3.05) is 40.1 Å². The van der Waals surface area contributed by atoms with Gasteiger partial charge in [0.2, 0.25) is 0 Å². The molecule has 98 valence electrons. The van der Waals surface area contributed by atoms with Crippen LogP contribution in [0.3, 0.4) is 0 Å². The van der Waals surface area contributed by atoms with E-state index in [0.29, 0.717) is 33.0 Å². The van der Waals surface area contributed by atoms with Crippen molar-refractivity contribution < 1.29 is 14.2 Å². The van der Waals surface area contributed by atoms with Crippen LogP contribution in [0.2, 0.25) is 0 Å². The molecule has 6 nitrogen and oxygen atoms in total. The van der Waals surface area contributed by atoms with Gasteiger partial charge >= 0.3 is 0 Å². The maximum Gasteiger partial charge on any atom is 0.0978 e. The summed E-state index contributed by atoms with van der Waals surface area (Å²) in [6.07, 6.45) is 3.56. The van der Waals surface area contributed by atoms with Gasteiger partial charge in [-0.2, -0.15) is 5.10 Å². The summed E-state index contributed by atoms with van der Waals surface area (Å²) in [5, 5.41) is 4.09. The highest BCUT2D eigenvalue weighted by molar-refractivity contribution is 5.08. The van der Waals surface area contributed by atoms with Crippen molar-refractivity contribution in [2.45, 2.75) is 6.10 Å². The van der Waals surface area contributed by atoms with Crippen LogP contribution in [0, 0.1) is 0 Å². The first kappa shape index (κ1) is 14.1. The molecule has 1 heterocycles. The fourth-order valence-electron chi connectivity index (χ4n) is 1.40. The second-order valence-electron chi connectivity index (χ2n) is 3.65. The molecule has 0 fully saturated rings. The smallest absolute Gasteiger partial charge is 0.0978 e. The van der Waals surface area contributed by atoms with Gasteiger partial charge in [0.15, 0.2) is 0 Å². The Labute approximate surface area is 102 Å². The Hall–Kier alpha value is -0.950. The molecule has 0 saturated heterocycles. The topological polar surface area (TPSA) is 71.5 Å². The van der Waals surface area contributed by atoms with Crippen LogP contribution in [-0.4, -0.2) is 49.9 Å². The van der Waals surface area contributed by atoms with E-state index in [-0.39, 0.29) is 6.10 Å². The number of ether oxygens (including phenoxy) is 3. The maximum absolute atomic E-state index is 5.65. The number of hydrogen-bond donors (Lipinski definition) is 1. The average molecular weight is 243 g/mol. The van der Waals surface area contributed by atoms with Crippen LogP contribution in [0.4, 0.5) is 0 Å². The molecule has 1 unspecified atom stereocenters. The van der Waals surface area contributed by atoms with E-state index >= 15 is 0 Å². The molecular weight excluding hydrogens is 222 g/mol. The van der Waals surface area contributed by atoms with Crippen LogP contribution in [0.15, 0.2) is 12.4 Å². The highest BCUT2D eigenvalue weighted by atomic mass is 16.5. The zero-order valence-electron chi connectivity index (χ0n) is 10.5. The summed E-state index contributed by atoms with van der Waals surface area (Å²) in [6, 6.07) is 0.